The van der Waals surface area contributed by atoms with E-state index in [0.29, 0.717) is 6.54 Å². The third kappa shape index (κ3) is 4.23. The van der Waals surface area contributed by atoms with Gasteiger partial charge < -0.3 is 10.6 Å². The molecule has 116 valence electrons. The number of nitrogens with zero attached hydrogens (tertiary/aromatic N) is 2. The molecule has 1 aliphatic rings. The quantitative estimate of drug-likeness (QED) is 0.744. The van der Waals surface area contributed by atoms with E-state index in [1.54, 1.807) is 6.07 Å². The van der Waals surface area contributed by atoms with Crippen LogP contribution in [0.4, 0.5) is 0 Å². The minimum absolute atomic E-state index is 0.0813. The highest BCUT2D eigenvalue weighted by molar-refractivity contribution is 7.89. The van der Waals surface area contributed by atoms with Crippen molar-refractivity contribution < 1.29 is 13.2 Å². The molecule has 8 heteroatoms. The highest BCUT2D eigenvalue weighted by Gasteiger charge is 2.23. The van der Waals surface area contributed by atoms with Crippen molar-refractivity contribution in [1.82, 2.24) is 19.9 Å². The molecule has 1 atom stereocenters. The number of nitrogens with one attached hydrogen (secondary N) is 2. The number of amides is 1. The second-order valence-electron chi connectivity index (χ2n) is 5.05. The molecule has 1 aliphatic heterocycles. The average Bonchev–Trinajstić information content (AvgIpc) is 2.99. The van der Waals surface area contributed by atoms with Crippen LogP contribution >= 0.6 is 0 Å². The molecule has 7 nitrogen and oxygen atoms in total. The molecular weight excluding hydrogens is 292 g/mol. The number of carbonyl (C=O) groups excluding carboxylic acids is 1. The summed E-state index contributed by atoms with van der Waals surface area (Å²) in [4.78, 5) is 15.7. The lowest BCUT2D eigenvalue weighted by Crippen LogP contribution is -2.42. The first-order valence-corrected chi connectivity index (χ1v) is 8.30. The molecule has 2 N–H and O–H groups in total. The average molecular weight is 312 g/mol. The lowest BCUT2D eigenvalue weighted by Gasteiger charge is -2.17. The maximum atomic E-state index is 12.2. The first kappa shape index (κ1) is 15.9. The topological polar surface area (TPSA) is 91.4 Å². The lowest BCUT2D eigenvalue weighted by molar-refractivity contribution is -0.121. The third-order valence-corrected chi connectivity index (χ3v) is 5.20. The molecule has 0 saturated carbocycles. The summed E-state index contributed by atoms with van der Waals surface area (Å²) in [6.07, 6.45) is 4.91. The fourth-order valence-corrected chi connectivity index (χ4v) is 3.28. The van der Waals surface area contributed by atoms with Crippen LogP contribution in [0.15, 0.2) is 29.4 Å². The Kier molecular flexibility index (Phi) is 5.27. The van der Waals surface area contributed by atoms with E-state index in [0.717, 1.165) is 23.7 Å². The normalized spacial score (nSPS) is 18.9. The molecule has 0 radical (unpaired) electrons. The molecular formula is C13H20N4O3S. The van der Waals surface area contributed by atoms with Gasteiger partial charge in [0, 0.05) is 32.0 Å². The Labute approximate surface area is 124 Å². The van der Waals surface area contributed by atoms with Gasteiger partial charge in [-0.15, -0.1) is 0 Å². The number of pyridine rings is 1. The van der Waals surface area contributed by atoms with Crippen molar-refractivity contribution >= 4 is 15.9 Å². The van der Waals surface area contributed by atoms with Crippen LogP contribution in [0.1, 0.15) is 12.8 Å². The zero-order valence-corrected chi connectivity index (χ0v) is 12.8. The maximum absolute atomic E-state index is 12.2. The van der Waals surface area contributed by atoms with Crippen LogP contribution in [0.3, 0.4) is 0 Å². The Hall–Kier alpha value is -1.51. The predicted molar refractivity (Wildman–Crippen MR) is 78.1 cm³/mol. The second-order valence-corrected chi connectivity index (χ2v) is 7.09. The van der Waals surface area contributed by atoms with Crippen LogP contribution in [0.5, 0.6) is 0 Å². The smallest absolute Gasteiger partial charge is 0.244 e. The number of likely N-dealkylation sites (N-methyl/N-ethyl adjacent to an activating group) is 1. The summed E-state index contributed by atoms with van der Waals surface area (Å²) in [5.74, 6) is -0.307. The highest BCUT2D eigenvalue weighted by atomic mass is 32.2. The molecule has 0 aromatic carbocycles. The van der Waals surface area contributed by atoms with Gasteiger partial charge in [0.15, 0.2) is 0 Å². The van der Waals surface area contributed by atoms with Gasteiger partial charge in [0.2, 0.25) is 15.9 Å². The van der Waals surface area contributed by atoms with Crippen molar-refractivity contribution in [2.75, 3.05) is 26.7 Å². The Morgan fingerprint density at radius 3 is 3.00 bits per heavy atom. The zero-order valence-electron chi connectivity index (χ0n) is 11.9. The number of rotatable bonds is 6. The van der Waals surface area contributed by atoms with E-state index < -0.39 is 10.0 Å². The van der Waals surface area contributed by atoms with Crippen LogP contribution in [-0.2, 0) is 14.8 Å². The number of aromatic nitrogens is 1. The third-order valence-electron chi connectivity index (χ3n) is 3.42. The van der Waals surface area contributed by atoms with Crippen molar-refractivity contribution in [3.8, 4) is 0 Å². The van der Waals surface area contributed by atoms with Crippen LogP contribution in [0.2, 0.25) is 0 Å². The molecule has 1 fully saturated rings. The SMILES string of the molecule is CN(CC(=O)NCC1CCCN1)S(=O)(=O)c1cccnc1. The Balaban J connectivity index is 1.88. The van der Waals surface area contributed by atoms with E-state index >= 15 is 0 Å². The zero-order chi connectivity index (χ0) is 15.3. The van der Waals surface area contributed by atoms with Gasteiger partial charge in [0.1, 0.15) is 4.90 Å². The van der Waals surface area contributed by atoms with E-state index in [1.807, 2.05) is 0 Å². The van der Waals surface area contributed by atoms with E-state index in [-0.39, 0.29) is 23.4 Å². The summed E-state index contributed by atoms with van der Waals surface area (Å²) in [7, 11) is -2.29. The predicted octanol–water partition coefficient (Wildman–Crippen LogP) is -0.430. The lowest BCUT2D eigenvalue weighted by atomic mass is 10.2. The molecule has 0 bridgehead atoms. The Morgan fingerprint density at radius 1 is 1.57 bits per heavy atom. The van der Waals surface area contributed by atoms with Crippen LogP contribution < -0.4 is 10.6 Å². The summed E-state index contributed by atoms with van der Waals surface area (Å²) in [6.45, 7) is 1.29. The van der Waals surface area contributed by atoms with Gasteiger partial charge in [-0.1, -0.05) is 0 Å². The summed E-state index contributed by atoms with van der Waals surface area (Å²) in [6, 6.07) is 3.29. The highest BCUT2D eigenvalue weighted by Crippen LogP contribution is 2.11. The van der Waals surface area contributed by atoms with E-state index in [9.17, 15) is 13.2 Å². The fourth-order valence-electron chi connectivity index (χ4n) is 2.19. The molecule has 1 amide bonds. The largest absolute Gasteiger partial charge is 0.353 e. The first-order chi connectivity index (χ1) is 10.00. The van der Waals surface area contributed by atoms with Gasteiger partial charge in [-0.25, -0.2) is 8.42 Å². The molecule has 0 spiro atoms. The molecule has 1 aromatic rings. The van der Waals surface area contributed by atoms with Crippen molar-refractivity contribution in [2.45, 2.75) is 23.8 Å². The fraction of sp³-hybridized carbons (Fsp3) is 0.538. The molecule has 2 rings (SSSR count). The number of carbonyl (C=O) groups is 1. The van der Waals surface area contributed by atoms with E-state index in [4.69, 9.17) is 0 Å². The molecule has 1 aromatic heterocycles. The van der Waals surface area contributed by atoms with Gasteiger partial charge in [-0.05, 0) is 31.5 Å². The van der Waals surface area contributed by atoms with Crippen LogP contribution in [-0.4, -0.2) is 56.3 Å². The maximum Gasteiger partial charge on any atom is 0.244 e. The Bertz CT molecular complexity index is 570. The van der Waals surface area contributed by atoms with E-state index in [2.05, 4.69) is 15.6 Å². The number of hydrogen-bond donors (Lipinski definition) is 2. The summed E-state index contributed by atoms with van der Waals surface area (Å²) < 4.78 is 25.5. The van der Waals surface area contributed by atoms with Gasteiger partial charge in [-0.3, -0.25) is 9.78 Å². The standard InChI is InChI=1S/C13H20N4O3S/c1-17(21(19,20)12-5-3-6-14-9-12)10-13(18)16-8-11-4-2-7-15-11/h3,5-6,9,11,15H,2,4,7-8,10H2,1H3,(H,16,18). The van der Waals surface area contributed by atoms with Crippen molar-refractivity contribution in [3.05, 3.63) is 24.5 Å². The van der Waals surface area contributed by atoms with Gasteiger partial charge >= 0.3 is 0 Å². The molecule has 1 unspecified atom stereocenters. The minimum Gasteiger partial charge on any atom is -0.353 e. The second kappa shape index (κ2) is 6.97. The molecule has 0 aliphatic carbocycles. The monoisotopic (exact) mass is 312 g/mol. The van der Waals surface area contributed by atoms with Crippen LogP contribution in [0.25, 0.3) is 0 Å². The van der Waals surface area contributed by atoms with Crippen molar-refractivity contribution in [2.24, 2.45) is 0 Å². The summed E-state index contributed by atoms with van der Waals surface area (Å²) in [5.41, 5.74) is 0. The van der Waals surface area contributed by atoms with Crippen molar-refractivity contribution in [3.63, 3.8) is 0 Å². The van der Waals surface area contributed by atoms with Gasteiger partial charge in [-0.2, -0.15) is 4.31 Å². The summed E-state index contributed by atoms with van der Waals surface area (Å²) >= 11 is 0. The van der Waals surface area contributed by atoms with Crippen LogP contribution in [0, 0.1) is 0 Å². The molecule has 1 saturated heterocycles. The number of hydrogen-bond acceptors (Lipinski definition) is 5. The van der Waals surface area contributed by atoms with Gasteiger partial charge in [0.25, 0.3) is 0 Å². The minimum atomic E-state index is -3.68. The number of sulfonamides is 1. The molecule has 21 heavy (non-hydrogen) atoms. The van der Waals surface area contributed by atoms with Gasteiger partial charge in [0.05, 0.1) is 6.54 Å². The van der Waals surface area contributed by atoms with Crippen molar-refractivity contribution in [1.29, 1.82) is 0 Å². The molecule has 2 heterocycles. The summed E-state index contributed by atoms with van der Waals surface area (Å²) in [5, 5.41) is 6.02. The Morgan fingerprint density at radius 2 is 2.38 bits per heavy atom. The first-order valence-electron chi connectivity index (χ1n) is 6.86. The van der Waals surface area contributed by atoms with E-state index in [1.165, 1.54) is 25.5 Å².